The van der Waals surface area contributed by atoms with Crippen molar-refractivity contribution in [2.24, 2.45) is 0 Å². The number of benzene rings is 2. The third kappa shape index (κ3) is 4.78. The molecule has 7 nitrogen and oxygen atoms in total. The Bertz CT molecular complexity index is 926. The lowest BCUT2D eigenvalue weighted by Crippen LogP contribution is -2.34. The second-order valence-corrected chi connectivity index (χ2v) is 8.12. The fourth-order valence-electron chi connectivity index (χ4n) is 2.98. The third-order valence-electron chi connectivity index (χ3n) is 4.25. The van der Waals surface area contributed by atoms with Crippen molar-refractivity contribution >= 4 is 21.8 Å². The van der Waals surface area contributed by atoms with Crippen molar-refractivity contribution in [3.05, 3.63) is 53.6 Å². The van der Waals surface area contributed by atoms with Crippen LogP contribution >= 0.6 is 0 Å². The topological polar surface area (TPSA) is 93.7 Å². The zero-order chi connectivity index (χ0) is 19.4. The van der Waals surface area contributed by atoms with Gasteiger partial charge in [0.1, 0.15) is 5.75 Å². The van der Waals surface area contributed by atoms with Crippen molar-refractivity contribution in [2.45, 2.75) is 30.7 Å². The first-order valence-electron chi connectivity index (χ1n) is 8.59. The molecule has 2 aromatic carbocycles. The summed E-state index contributed by atoms with van der Waals surface area (Å²) in [5.41, 5.74) is 2.68. The number of methoxy groups -OCH3 is 1. The Labute approximate surface area is 158 Å². The van der Waals surface area contributed by atoms with Crippen LogP contribution in [0.15, 0.2) is 47.4 Å². The zero-order valence-electron chi connectivity index (χ0n) is 15.2. The summed E-state index contributed by atoms with van der Waals surface area (Å²) < 4.78 is 37.8. The van der Waals surface area contributed by atoms with Crippen molar-refractivity contribution in [2.75, 3.05) is 19.0 Å². The lowest BCUT2D eigenvalue weighted by atomic mass is 10.0. The molecule has 1 atom stereocenters. The predicted octanol–water partition coefficient (Wildman–Crippen LogP) is 2.71. The molecule has 1 amide bonds. The number of rotatable bonds is 6. The fourth-order valence-corrected chi connectivity index (χ4v) is 4.22. The zero-order valence-corrected chi connectivity index (χ0v) is 16.0. The molecular weight excluding hydrogens is 368 g/mol. The maximum atomic E-state index is 12.6. The minimum Gasteiger partial charge on any atom is -0.493 e. The Morgan fingerprint density at radius 1 is 1.22 bits per heavy atom. The lowest BCUT2D eigenvalue weighted by Gasteiger charge is -2.15. The van der Waals surface area contributed by atoms with Crippen LogP contribution in [0.2, 0.25) is 0 Å². The van der Waals surface area contributed by atoms with Gasteiger partial charge in [0.2, 0.25) is 10.0 Å². The van der Waals surface area contributed by atoms with Crippen LogP contribution in [-0.4, -0.2) is 34.3 Å². The quantitative estimate of drug-likeness (QED) is 0.791. The summed E-state index contributed by atoms with van der Waals surface area (Å²) in [5.74, 6) is 0.910. The maximum absolute atomic E-state index is 12.6. The highest BCUT2D eigenvalue weighted by atomic mass is 32.2. The highest BCUT2D eigenvalue weighted by Gasteiger charge is 2.19. The number of hydrogen-bond acceptors (Lipinski definition) is 5. The smallest absolute Gasteiger partial charge is 0.411 e. The van der Waals surface area contributed by atoms with Gasteiger partial charge in [-0.1, -0.05) is 12.1 Å². The van der Waals surface area contributed by atoms with Crippen molar-refractivity contribution in [1.29, 1.82) is 0 Å². The van der Waals surface area contributed by atoms with Crippen molar-refractivity contribution < 1.29 is 22.7 Å². The Morgan fingerprint density at radius 3 is 2.67 bits per heavy atom. The van der Waals surface area contributed by atoms with E-state index >= 15 is 0 Å². The van der Waals surface area contributed by atoms with E-state index in [2.05, 4.69) is 20.8 Å². The summed E-state index contributed by atoms with van der Waals surface area (Å²) in [6.45, 7) is 2.52. The molecule has 0 saturated heterocycles. The van der Waals surface area contributed by atoms with Crippen LogP contribution in [-0.2, 0) is 27.6 Å². The number of fused-ring (bicyclic) bond motifs is 1. The van der Waals surface area contributed by atoms with Gasteiger partial charge in [-0.2, -0.15) is 0 Å². The summed E-state index contributed by atoms with van der Waals surface area (Å²) in [5, 5.41) is 2.48. The number of nitrogens with one attached hydrogen (secondary N) is 2. The van der Waals surface area contributed by atoms with Crippen molar-refractivity contribution in [3.8, 4) is 5.75 Å². The summed E-state index contributed by atoms with van der Waals surface area (Å²) in [6, 6.07) is 11.6. The van der Waals surface area contributed by atoms with E-state index in [0.29, 0.717) is 18.7 Å². The maximum Gasteiger partial charge on any atom is 0.411 e. The molecule has 0 fully saturated rings. The van der Waals surface area contributed by atoms with E-state index in [1.165, 1.54) is 31.4 Å². The first-order chi connectivity index (χ1) is 12.9. The van der Waals surface area contributed by atoms with Gasteiger partial charge in [0.05, 0.1) is 18.6 Å². The molecule has 1 aliphatic rings. The summed E-state index contributed by atoms with van der Waals surface area (Å²) in [4.78, 5) is 11.3. The molecule has 1 unspecified atom stereocenters. The SMILES string of the molecule is COC(=O)Nc1ccc(S(=O)(=O)NC(C)Cc2ccc3c(c2)CCO3)cc1. The monoisotopic (exact) mass is 390 g/mol. The van der Waals surface area contributed by atoms with Crippen LogP contribution < -0.4 is 14.8 Å². The normalized spacial score (nSPS) is 14.1. The van der Waals surface area contributed by atoms with E-state index in [4.69, 9.17) is 4.74 Å². The molecule has 2 N–H and O–H groups in total. The minimum atomic E-state index is -3.66. The van der Waals surface area contributed by atoms with E-state index in [0.717, 1.165) is 23.3 Å². The number of hydrogen-bond donors (Lipinski definition) is 2. The van der Waals surface area contributed by atoms with Gasteiger partial charge >= 0.3 is 6.09 Å². The molecule has 0 bridgehead atoms. The third-order valence-corrected chi connectivity index (χ3v) is 5.85. The van der Waals surface area contributed by atoms with Gasteiger partial charge in [0.25, 0.3) is 0 Å². The highest BCUT2D eigenvalue weighted by Crippen LogP contribution is 2.26. The molecular formula is C19H22N2O5S. The Hall–Kier alpha value is -2.58. The van der Waals surface area contributed by atoms with E-state index in [9.17, 15) is 13.2 Å². The van der Waals surface area contributed by atoms with E-state index in [-0.39, 0.29) is 10.9 Å². The number of carbonyl (C=O) groups excluding carboxylic acids is 1. The average molecular weight is 390 g/mol. The second-order valence-electron chi connectivity index (χ2n) is 6.41. The molecule has 3 rings (SSSR count). The van der Waals surface area contributed by atoms with Crippen LogP contribution in [0.1, 0.15) is 18.1 Å². The summed E-state index contributed by atoms with van der Waals surface area (Å²) in [7, 11) is -2.40. The molecule has 8 heteroatoms. The van der Waals surface area contributed by atoms with Gasteiger partial charge in [0, 0.05) is 18.2 Å². The summed E-state index contributed by atoms with van der Waals surface area (Å²) in [6.07, 6.45) is 0.848. The molecule has 1 aliphatic heterocycles. The van der Waals surface area contributed by atoms with Crippen LogP contribution in [0.3, 0.4) is 0 Å². The van der Waals surface area contributed by atoms with Crippen LogP contribution in [0.25, 0.3) is 0 Å². The predicted molar refractivity (Wildman–Crippen MR) is 102 cm³/mol. The second kappa shape index (κ2) is 7.98. The first-order valence-corrected chi connectivity index (χ1v) is 10.1. The Balaban J connectivity index is 1.64. The molecule has 0 radical (unpaired) electrons. The molecule has 0 aliphatic carbocycles. The van der Waals surface area contributed by atoms with Gasteiger partial charge in [-0.05, 0) is 54.8 Å². The number of sulfonamides is 1. The molecule has 144 valence electrons. The number of ether oxygens (including phenoxy) is 2. The van der Waals surface area contributed by atoms with Crippen LogP contribution in [0.5, 0.6) is 5.75 Å². The van der Waals surface area contributed by atoms with Crippen molar-refractivity contribution in [3.63, 3.8) is 0 Å². The average Bonchev–Trinajstić information content (AvgIpc) is 3.09. The van der Waals surface area contributed by atoms with E-state index < -0.39 is 16.1 Å². The minimum absolute atomic E-state index is 0.132. The molecule has 0 spiro atoms. The van der Waals surface area contributed by atoms with Gasteiger partial charge in [-0.15, -0.1) is 0 Å². The molecule has 1 heterocycles. The van der Waals surface area contributed by atoms with Gasteiger partial charge in [0.15, 0.2) is 0 Å². The van der Waals surface area contributed by atoms with Gasteiger partial charge < -0.3 is 9.47 Å². The first kappa shape index (κ1) is 19.2. The molecule has 0 aromatic heterocycles. The van der Waals surface area contributed by atoms with Crippen LogP contribution in [0.4, 0.5) is 10.5 Å². The van der Waals surface area contributed by atoms with Gasteiger partial charge in [-0.25, -0.2) is 17.9 Å². The van der Waals surface area contributed by atoms with Crippen LogP contribution in [0, 0.1) is 0 Å². The molecule has 27 heavy (non-hydrogen) atoms. The number of anilines is 1. The summed E-state index contributed by atoms with van der Waals surface area (Å²) >= 11 is 0. The number of carbonyl (C=O) groups is 1. The Morgan fingerprint density at radius 2 is 1.96 bits per heavy atom. The standard InChI is InChI=1S/C19H22N2O5S/c1-13(11-14-3-8-18-15(12-14)9-10-26-18)21-27(23,24)17-6-4-16(5-7-17)20-19(22)25-2/h3-8,12-13,21H,9-11H2,1-2H3,(H,20,22). The van der Waals surface area contributed by atoms with Gasteiger partial charge in [-0.3, -0.25) is 5.32 Å². The number of amides is 1. The largest absolute Gasteiger partial charge is 0.493 e. The highest BCUT2D eigenvalue weighted by molar-refractivity contribution is 7.89. The molecule has 2 aromatic rings. The lowest BCUT2D eigenvalue weighted by molar-refractivity contribution is 0.187. The Kier molecular flexibility index (Phi) is 5.67. The van der Waals surface area contributed by atoms with Crippen molar-refractivity contribution in [1.82, 2.24) is 4.72 Å². The fraction of sp³-hybridized carbons (Fsp3) is 0.316. The molecule has 0 saturated carbocycles. The van der Waals surface area contributed by atoms with E-state index in [1.54, 1.807) is 0 Å². The van der Waals surface area contributed by atoms with E-state index in [1.807, 2.05) is 19.1 Å².